The highest BCUT2D eigenvalue weighted by Crippen LogP contribution is 2.26. The second kappa shape index (κ2) is 8.37. The molecule has 152 valence electrons. The fraction of sp³-hybridized carbons (Fsp3) is 0.208. The van der Waals surface area contributed by atoms with Crippen molar-refractivity contribution in [3.63, 3.8) is 0 Å². The number of aromatic amines is 1. The number of amides is 1. The summed E-state index contributed by atoms with van der Waals surface area (Å²) in [6, 6.07) is 22.2. The van der Waals surface area contributed by atoms with Crippen LogP contribution in [-0.2, 0) is 7.05 Å². The van der Waals surface area contributed by atoms with Crippen molar-refractivity contribution < 1.29 is 4.79 Å². The van der Waals surface area contributed by atoms with Crippen molar-refractivity contribution in [2.75, 3.05) is 6.54 Å². The van der Waals surface area contributed by atoms with E-state index in [-0.39, 0.29) is 11.8 Å². The monoisotopic (exact) mass is 399 g/mol. The third-order valence-electron chi connectivity index (χ3n) is 5.46. The summed E-state index contributed by atoms with van der Waals surface area (Å²) in [5, 5.41) is 14.7. The Morgan fingerprint density at radius 3 is 2.17 bits per heavy atom. The third-order valence-corrected chi connectivity index (χ3v) is 5.46. The van der Waals surface area contributed by atoms with Gasteiger partial charge in [0.25, 0.3) is 5.91 Å². The van der Waals surface area contributed by atoms with Crippen molar-refractivity contribution in [3.05, 3.63) is 94.9 Å². The molecule has 1 amide bonds. The van der Waals surface area contributed by atoms with Gasteiger partial charge in [-0.2, -0.15) is 10.2 Å². The average Bonchev–Trinajstić information content (AvgIpc) is 3.34. The van der Waals surface area contributed by atoms with Crippen molar-refractivity contribution >= 4 is 5.91 Å². The predicted octanol–water partition coefficient (Wildman–Crippen LogP) is 3.99. The molecular weight excluding hydrogens is 374 g/mol. The summed E-state index contributed by atoms with van der Waals surface area (Å²) in [5.41, 5.74) is 6.35. The van der Waals surface area contributed by atoms with E-state index in [1.165, 1.54) is 0 Å². The lowest BCUT2D eigenvalue weighted by Gasteiger charge is -2.18. The summed E-state index contributed by atoms with van der Waals surface area (Å²) in [6.45, 7) is 4.43. The summed E-state index contributed by atoms with van der Waals surface area (Å²) in [7, 11) is 1.90. The summed E-state index contributed by atoms with van der Waals surface area (Å²) in [5.74, 6) is -0.105. The number of nitrogens with one attached hydrogen (secondary N) is 2. The molecule has 0 aliphatic rings. The van der Waals surface area contributed by atoms with Crippen molar-refractivity contribution in [3.8, 4) is 11.3 Å². The number of H-pyrrole nitrogens is 1. The number of benzene rings is 2. The van der Waals surface area contributed by atoms with Gasteiger partial charge in [0.05, 0.1) is 11.4 Å². The zero-order valence-corrected chi connectivity index (χ0v) is 17.4. The summed E-state index contributed by atoms with van der Waals surface area (Å²) < 4.78 is 1.82. The second-order valence-electron chi connectivity index (χ2n) is 7.42. The van der Waals surface area contributed by atoms with Gasteiger partial charge >= 0.3 is 0 Å². The molecule has 6 heteroatoms. The quantitative estimate of drug-likeness (QED) is 0.515. The molecule has 0 saturated carbocycles. The molecule has 2 aromatic carbocycles. The van der Waals surface area contributed by atoms with Gasteiger partial charge in [-0.15, -0.1) is 0 Å². The second-order valence-corrected chi connectivity index (χ2v) is 7.42. The van der Waals surface area contributed by atoms with Crippen LogP contribution in [-0.4, -0.2) is 32.4 Å². The van der Waals surface area contributed by atoms with Crippen LogP contribution in [0.3, 0.4) is 0 Å². The van der Waals surface area contributed by atoms with Crippen LogP contribution in [0.2, 0.25) is 0 Å². The van der Waals surface area contributed by atoms with E-state index in [0.29, 0.717) is 12.2 Å². The maximum Gasteiger partial charge on any atom is 0.269 e. The molecule has 0 aliphatic heterocycles. The molecule has 2 heterocycles. The van der Waals surface area contributed by atoms with Gasteiger partial charge in [-0.3, -0.25) is 14.6 Å². The van der Waals surface area contributed by atoms with Crippen LogP contribution in [0.1, 0.15) is 38.9 Å². The van der Waals surface area contributed by atoms with Crippen LogP contribution >= 0.6 is 0 Å². The van der Waals surface area contributed by atoms with Crippen molar-refractivity contribution in [1.29, 1.82) is 0 Å². The number of carbonyl (C=O) groups is 1. The minimum Gasteiger partial charge on any atom is -0.350 e. The molecular formula is C24H25N5O. The van der Waals surface area contributed by atoms with E-state index in [2.05, 4.69) is 44.9 Å². The minimum atomic E-state index is -0.176. The zero-order valence-electron chi connectivity index (χ0n) is 17.4. The van der Waals surface area contributed by atoms with Gasteiger partial charge in [-0.25, -0.2) is 0 Å². The number of rotatable bonds is 6. The van der Waals surface area contributed by atoms with E-state index < -0.39 is 0 Å². The fourth-order valence-corrected chi connectivity index (χ4v) is 3.80. The van der Waals surface area contributed by atoms with Gasteiger partial charge in [-0.1, -0.05) is 60.7 Å². The molecule has 0 radical (unpaired) electrons. The smallest absolute Gasteiger partial charge is 0.269 e. The Morgan fingerprint density at radius 2 is 1.63 bits per heavy atom. The number of aromatic nitrogens is 4. The van der Waals surface area contributed by atoms with E-state index in [9.17, 15) is 4.79 Å². The highest BCUT2D eigenvalue weighted by atomic mass is 16.1. The molecule has 0 fully saturated rings. The van der Waals surface area contributed by atoms with Crippen LogP contribution in [0, 0.1) is 13.8 Å². The Labute approximate surface area is 176 Å². The maximum absolute atomic E-state index is 12.8. The number of carbonyl (C=O) groups excluding carboxylic acids is 1. The highest BCUT2D eigenvalue weighted by Gasteiger charge is 2.19. The van der Waals surface area contributed by atoms with Gasteiger partial charge in [0.1, 0.15) is 5.69 Å². The minimum absolute atomic E-state index is 0.0709. The van der Waals surface area contributed by atoms with Gasteiger partial charge < -0.3 is 5.32 Å². The van der Waals surface area contributed by atoms with Gasteiger partial charge in [0.15, 0.2) is 0 Å². The van der Waals surface area contributed by atoms with Crippen LogP contribution in [0.25, 0.3) is 11.3 Å². The van der Waals surface area contributed by atoms with Crippen LogP contribution < -0.4 is 5.32 Å². The average molecular weight is 399 g/mol. The van der Waals surface area contributed by atoms with Crippen LogP contribution in [0.4, 0.5) is 0 Å². The molecule has 0 aliphatic carbocycles. The summed E-state index contributed by atoms with van der Waals surface area (Å²) in [4.78, 5) is 12.8. The van der Waals surface area contributed by atoms with E-state index in [1.807, 2.05) is 62.0 Å². The Morgan fingerprint density at radius 1 is 1.03 bits per heavy atom. The maximum atomic E-state index is 12.8. The highest BCUT2D eigenvalue weighted by molar-refractivity contribution is 5.93. The van der Waals surface area contributed by atoms with Crippen molar-refractivity contribution in [2.45, 2.75) is 19.8 Å². The number of nitrogens with zero attached hydrogens (tertiary/aromatic N) is 3. The Hall–Kier alpha value is -3.67. The van der Waals surface area contributed by atoms with Gasteiger partial charge in [0.2, 0.25) is 0 Å². The SMILES string of the molecule is Cc1nn(C)c(C)c1-c1cc(C(=O)NCC(c2ccccc2)c2ccccc2)[nH]n1. The number of hydrogen-bond acceptors (Lipinski definition) is 3. The topological polar surface area (TPSA) is 75.6 Å². The summed E-state index contributed by atoms with van der Waals surface area (Å²) >= 11 is 0. The third kappa shape index (κ3) is 3.89. The molecule has 4 rings (SSSR count). The Kier molecular flexibility index (Phi) is 5.48. The van der Waals surface area contributed by atoms with E-state index in [0.717, 1.165) is 33.8 Å². The molecule has 30 heavy (non-hydrogen) atoms. The number of aryl methyl sites for hydroxylation is 2. The molecule has 2 aromatic heterocycles. The van der Waals surface area contributed by atoms with Crippen LogP contribution in [0.15, 0.2) is 66.7 Å². The lowest BCUT2D eigenvalue weighted by molar-refractivity contribution is 0.0947. The van der Waals surface area contributed by atoms with Crippen LogP contribution in [0.5, 0.6) is 0 Å². The standard InChI is InChI=1S/C24H25N5O/c1-16-23(17(2)29(3)28-16)21-14-22(27-26-21)24(30)25-15-20(18-10-6-4-7-11-18)19-12-8-5-9-13-19/h4-14,20H,15H2,1-3H3,(H,25,30)(H,26,27). The predicted molar refractivity (Wildman–Crippen MR) is 117 cm³/mol. The molecule has 0 bridgehead atoms. The first-order chi connectivity index (χ1) is 14.5. The van der Waals surface area contributed by atoms with Crippen molar-refractivity contribution in [2.24, 2.45) is 7.05 Å². The molecule has 2 N–H and O–H groups in total. The molecule has 4 aromatic rings. The lowest BCUT2D eigenvalue weighted by Crippen LogP contribution is -2.29. The fourth-order valence-electron chi connectivity index (χ4n) is 3.80. The molecule has 6 nitrogen and oxygen atoms in total. The summed E-state index contributed by atoms with van der Waals surface area (Å²) in [6.07, 6.45) is 0. The largest absolute Gasteiger partial charge is 0.350 e. The molecule has 0 saturated heterocycles. The molecule has 0 atom stereocenters. The first kappa shape index (κ1) is 19.6. The number of hydrogen-bond donors (Lipinski definition) is 2. The molecule has 0 unspecified atom stereocenters. The van der Waals surface area contributed by atoms with Crippen molar-refractivity contribution in [1.82, 2.24) is 25.3 Å². The van der Waals surface area contributed by atoms with Gasteiger partial charge in [0, 0.05) is 30.8 Å². The van der Waals surface area contributed by atoms with Gasteiger partial charge in [-0.05, 0) is 31.0 Å². The normalized spacial score (nSPS) is 11.1. The Balaban J connectivity index is 1.53. The lowest BCUT2D eigenvalue weighted by atomic mass is 9.91. The Bertz CT molecular complexity index is 1110. The zero-order chi connectivity index (χ0) is 21.1. The van der Waals surface area contributed by atoms with E-state index >= 15 is 0 Å². The van der Waals surface area contributed by atoms with E-state index in [4.69, 9.17) is 0 Å². The van der Waals surface area contributed by atoms with E-state index in [1.54, 1.807) is 6.07 Å². The molecule has 0 spiro atoms. The first-order valence-corrected chi connectivity index (χ1v) is 9.98. The first-order valence-electron chi connectivity index (χ1n) is 9.98.